The molecule has 0 spiro atoms. The fraction of sp³-hybridized carbons (Fsp3) is 0.300. The zero-order valence-corrected chi connectivity index (χ0v) is 12.5. The Bertz CT molecular complexity index is 647. The number of nitrogen functional groups attached to an aromatic ring is 1. The fourth-order valence-electron chi connectivity index (χ4n) is 1.24. The largest absolute Gasteiger partial charge is 0.448 e. The van der Waals surface area contributed by atoms with Crippen LogP contribution in [0.25, 0.3) is 0 Å². The average Bonchev–Trinajstić information content (AvgIpc) is 2.28. The van der Waals surface area contributed by atoms with Gasteiger partial charge in [-0.15, -0.1) is 0 Å². The monoisotopic (exact) mass is 391 g/mol. The van der Waals surface area contributed by atoms with Crippen molar-refractivity contribution in [2.75, 3.05) is 11.5 Å². The van der Waals surface area contributed by atoms with Gasteiger partial charge in [-0.3, -0.25) is 4.55 Å². The van der Waals surface area contributed by atoms with Gasteiger partial charge in [0.25, 0.3) is 10.1 Å². The standard InChI is InChI=1S/C10H9BrF3NO5S/c11-6-3-5(1-2-7(6)15)9(16)20-8(10(12,13)14)4-21(17,18)19/h1-3,8H,4,15H2,(H,17,18,19). The first-order chi connectivity index (χ1) is 9.40. The molecule has 0 fully saturated rings. The number of carbonyl (C=O) groups is 1. The highest BCUT2D eigenvalue weighted by Crippen LogP contribution is 2.26. The molecule has 0 aliphatic rings. The topological polar surface area (TPSA) is 107 Å². The number of rotatable bonds is 4. The maximum atomic E-state index is 12.6. The number of carbonyl (C=O) groups excluding carboxylic acids is 1. The highest BCUT2D eigenvalue weighted by atomic mass is 79.9. The van der Waals surface area contributed by atoms with E-state index in [4.69, 9.17) is 10.3 Å². The summed E-state index contributed by atoms with van der Waals surface area (Å²) in [6.07, 6.45) is -8.12. The number of hydrogen-bond donors (Lipinski definition) is 2. The molecular weight excluding hydrogens is 383 g/mol. The molecule has 21 heavy (non-hydrogen) atoms. The minimum absolute atomic E-state index is 0.247. The van der Waals surface area contributed by atoms with E-state index in [2.05, 4.69) is 20.7 Å². The van der Waals surface area contributed by atoms with Gasteiger partial charge in [-0.2, -0.15) is 21.6 Å². The number of ether oxygens (including phenoxy) is 1. The maximum Gasteiger partial charge on any atom is 0.426 e. The van der Waals surface area contributed by atoms with Crippen molar-refractivity contribution in [3.8, 4) is 0 Å². The predicted molar refractivity (Wildman–Crippen MR) is 70.2 cm³/mol. The Labute approximate surface area is 125 Å². The lowest BCUT2D eigenvalue weighted by Crippen LogP contribution is -2.39. The Morgan fingerprint density at radius 3 is 2.43 bits per heavy atom. The molecule has 1 rings (SSSR count). The molecule has 0 aliphatic heterocycles. The molecule has 0 amide bonds. The summed E-state index contributed by atoms with van der Waals surface area (Å²) >= 11 is 2.98. The number of benzene rings is 1. The number of anilines is 1. The zero-order chi connectivity index (χ0) is 16.4. The van der Waals surface area contributed by atoms with E-state index < -0.39 is 34.1 Å². The third kappa shape index (κ3) is 5.52. The molecule has 1 aromatic rings. The molecule has 11 heteroatoms. The van der Waals surface area contributed by atoms with E-state index >= 15 is 0 Å². The quantitative estimate of drug-likeness (QED) is 0.461. The van der Waals surface area contributed by atoms with Crippen LogP contribution in [0.15, 0.2) is 22.7 Å². The van der Waals surface area contributed by atoms with E-state index in [9.17, 15) is 26.4 Å². The average molecular weight is 392 g/mol. The van der Waals surface area contributed by atoms with Gasteiger partial charge in [-0.25, -0.2) is 4.79 Å². The number of alkyl halides is 3. The highest BCUT2D eigenvalue weighted by Gasteiger charge is 2.45. The molecule has 0 heterocycles. The lowest BCUT2D eigenvalue weighted by atomic mass is 10.2. The molecule has 0 radical (unpaired) electrons. The molecule has 0 bridgehead atoms. The van der Waals surface area contributed by atoms with Crippen molar-refractivity contribution in [1.82, 2.24) is 0 Å². The third-order valence-electron chi connectivity index (χ3n) is 2.21. The number of hydrogen-bond acceptors (Lipinski definition) is 5. The van der Waals surface area contributed by atoms with Gasteiger partial charge in [-0.05, 0) is 34.1 Å². The van der Waals surface area contributed by atoms with Gasteiger partial charge in [0.05, 0.1) is 5.56 Å². The molecule has 0 saturated carbocycles. The van der Waals surface area contributed by atoms with E-state index in [-0.39, 0.29) is 15.7 Å². The van der Waals surface area contributed by atoms with Crippen LogP contribution in [-0.2, 0) is 14.9 Å². The van der Waals surface area contributed by atoms with Crippen LogP contribution < -0.4 is 5.73 Å². The van der Waals surface area contributed by atoms with Gasteiger partial charge in [0.15, 0.2) is 0 Å². The van der Waals surface area contributed by atoms with Crippen molar-refractivity contribution < 1.29 is 35.7 Å². The second kappa shape index (κ2) is 6.20. The summed E-state index contributed by atoms with van der Waals surface area (Å²) in [6.45, 7) is 0. The van der Waals surface area contributed by atoms with Crippen LogP contribution in [0.2, 0.25) is 0 Å². The van der Waals surface area contributed by atoms with Gasteiger partial charge in [-0.1, -0.05) is 0 Å². The Morgan fingerprint density at radius 1 is 1.43 bits per heavy atom. The minimum atomic E-state index is -5.14. The first kappa shape index (κ1) is 17.7. The van der Waals surface area contributed by atoms with Gasteiger partial charge < -0.3 is 10.5 Å². The molecule has 0 aromatic heterocycles. The summed E-state index contributed by atoms with van der Waals surface area (Å²) in [7, 11) is -4.98. The van der Waals surface area contributed by atoms with Crippen LogP contribution in [0.5, 0.6) is 0 Å². The fourth-order valence-corrected chi connectivity index (χ4v) is 2.26. The van der Waals surface area contributed by atoms with E-state index in [1.165, 1.54) is 6.07 Å². The van der Waals surface area contributed by atoms with E-state index in [1.807, 2.05) is 0 Å². The van der Waals surface area contributed by atoms with Crippen LogP contribution in [0.1, 0.15) is 10.4 Å². The van der Waals surface area contributed by atoms with Crippen LogP contribution in [0, 0.1) is 0 Å². The maximum absolute atomic E-state index is 12.6. The summed E-state index contributed by atoms with van der Waals surface area (Å²) in [5.41, 5.74) is 5.44. The molecule has 1 atom stereocenters. The zero-order valence-electron chi connectivity index (χ0n) is 10.1. The molecule has 1 unspecified atom stereocenters. The number of nitrogens with two attached hydrogens (primary N) is 1. The van der Waals surface area contributed by atoms with Crippen LogP contribution in [0.3, 0.4) is 0 Å². The molecule has 6 nitrogen and oxygen atoms in total. The smallest absolute Gasteiger partial charge is 0.426 e. The first-order valence-corrected chi connectivity index (χ1v) is 7.58. The molecule has 3 N–H and O–H groups in total. The summed E-state index contributed by atoms with van der Waals surface area (Å²) in [5, 5.41) is 0. The molecule has 0 saturated heterocycles. The van der Waals surface area contributed by atoms with Crippen molar-refractivity contribution in [1.29, 1.82) is 0 Å². The Morgan fingerprint density at radius 2 is 2.00 bits per heavy atom. The van der Waals surface area contributed by atoms with E-state index in [0.717, 1.165) is 12.1 Å². The Kier molecular flexibility index (Phi) is 5.23. The minimum Gasteiger partial charge on any atom is -0.448 e. The highest BCUT2D eigenvalue weighted by molar-refractivity contribution is 9.10. The molecular formula is C10H9BrF3NO5S. The van der Waals surface area contributed by atoms with Crippen LogP contribution in [-0.4, -0.2) is 37.0 Å². The van der Waals surface area contributed by atoms with E-state index in [0.29, 0.717) is 0 Å². The van der Waals surface area contributed by atoms with Crippen molar-refractivity contribution in [3.05, 3.63) is 28.2 Å². The van der Waals surface area contributed by atoms with Crippen molar-refractivity contribution in [2.24, 2.45) is 0 Å². The Hall–Kier alpha value is -1.33. The molecule has 118 valence electrons. The first-order valence-electron chi connectivity index (χ1n) is 5.18. The predicted octanol–water partition coefficient (Wildman–Crippen LogP) is 2.01. The van der Waals surface area contributed by atoms with Crippen LogP contribution >= 0.6 is 15.9 Å². The summed E-state index contributed by atoms with van der Waals surface area (Å²) in [5.74, 6) is -3.18. The lowest BCUT2D eigenvalue weighted by Gasteiger charge is -2.19. The molecule has 0 aliphatic carbocycles. The van der Waals surface area contributed by atoms with Crippen molar-refractivity contribution in [3.63, 3.8) is 0 Å². The van der Waals surface area contributed by atoms with Crippen LogP contribution in [0.4, 0.5) is 18.9 Å². The van der Waals surface area contributed by atoms with Crippen molar-refractivity contribution in [2.45, 2.75) is 12.3 Å². The SMILES string of the molecule is Nc1ccc(C(=O)OC(CS(=O)(=O)O)C(F)(F)F)cc1Br. The summed E-state index contributed by atoms with van der Waals surface area (Å²) < 4.78 is 71.7. The van der Waals surface area contributed by atoms with Gasteiger partial charge in [0, 0.05) is 10.2 Å². The normalized spacial score (nSPS) is 13.8. The second-order valence-electron chi connectivity index (χ2n) is 3.92. The Balaban J connectivity index is 2.98. The number of esters is 1. The summed E-state index contributed by atoms with van der Waals surface area (Å²) in [6, 6.07) is 3.49. The second-order valence-corrected chi connectivity index (χ2v) is 6.27. The van der Waals surface area contributed by atoms with Gasteiger partial charge in [0.1, 0.15) is 5.75 Å². The number of halogens is 4. The summed E-state index contributed by atoms with van der Waals surface area (Å²) in [4.78, 5) is 11.6. The van der Waals surface area contributed by atoms with E-state index in [1.54, 1.807) is 0 Å². The van der Waals surface area contributed by atoms with Crippen molar-refractivity contribution >= 4 is 37.7 Å². The van der Waals surface area contributed by atoms with Gasteiger partial charge in [0.2, 0.25) is 6.10 Å². The third-order valence-corrected chi connectivity index (χ3v) is 3.62. The van der Waals surface area contributed by atoms with Gasteiger partial charge >= 0.3 is 12.1 Å². The lowest BCUT2D eigenvalue weighted by molar-refractivity contribution is -0.197. The molecule has 1 aromatic carbocycles.